The molecule has 0 saturated carbocycles. The number of hydrogen-bond acceptors (Lipinski definition) is 5. The van der Waals surface area contributed by atoms with Crippen LogP contribution < -0.4 is 4.72 Å². The summed E-state index contributed by atoms with van der Waals surface area (Å²) in [6.45, 7) is 2.54. The maximum absolute atomic E-state index is 12.5. The van der Waals surface area contributed by atoms with Crippen LogP contribution in [0.2, 0.25) is 0 Å². The van der Waals surface area contributed by atoms with E-state index in [4.69, 9.17) is 9.47 Å². The minimum absolute atomic E-state index is 0.0621. The largest absolute Gasteiger partial charge is 0.384 e. The molecule has 2 aliphatic heterocycles. The predicted molar refractivity (Wildman–Crippen MR) is 91.6 cm³/mol. The maximum Gasteiger partial charge on any atom is 0.240 e. The number of sulfonamides is 1. The number of amides is 1. The number of fused-ring (bicyclic) bond motifs is 1. The number of benzene rings is 1. The van der Waals surface area contributed by atoms with Crippen molar-refractivity contribution in [1.82, 2.24) is 9.62 Å². The van der Waals surface area contributed by atoms with Crippen molar-refractivity contribution in [3.05, 3.63) is 29.3 Å². The highest BCUT2D eigenvalue weighted by Crippen LogP contribution is 2.23. The zero-order chi connectivity index (χ0) is 17.9. The molecule has 0 spiro atoms. The normalized spacial score (nSPS) is 20.5. The van der Waals surface area contributed by atoms with E-state index in [1.165, 1.54) is 0 Å². The summed E-state index contributed by atoms with van der Waals surface area (Å²) in [5.74, 6) is 0.0621. The molecule has 1 fully saturated rings. The molecule has 0 bridgehead atoms. The summed E-state index contributed by atoms with van der Waals surface area (Å²) in [5, 5.41) is 0. The molecule has 1 N–H and O–H groups in total. The summed E-state index contributed by atoms with van der Waals surface area (Å²) in [7, 11) is -1.97. The predicted octanol–water partition coefficient (Wildman–Crippen LogP) is 0.675. The minimum Gasteiger partial charge on any atom is -0.384 e. The molecule has 8 heteroatoms. The van der Waals surface area contributed by atoms with Crippen molar-refractivity contribution in [1.29, 1.82) is 0 Å². The Morgan fingerprint density at radius 2 is 2.24 bits per heavy atom. The molecule has 0 aliphatic carbocycles. The topological polar surface area (TPSA) is 84.9 Å². The molecule has 1 atom stereocenters. The fourth-order valence-corrected chi connectivity index (χ4v) is 4.48. The highest BCUT2D eigenvalue weighted by atomic mass is 32.2. The molecule has 1 saturated heterocycles. The monoisotopic (exact) mass is 368 g/mol. The van der Waals surface area contributed by atoms with E-state index in [0.29, 0.717) is 52.2 Å². The lowest BCUT2D eigenvalue weighted by molar-refractivity contribution is -0.133. The maximum atomic E-state index is 12.5. The van der Waals surface area contributed by atoms with Crippen molar-refractivity contribution in [2.24, 2.45) is 0 Å². The molecule has 1 aromatic carbocycles. The second-order valence-corrected chi connectivity index (χ2v) is 8.13. The molecule has 1 amide bonds. The first-order valence-electron chi connectivity index (χ1n) is 8.48. The van der Waals surface area contributed by atoms with Crippen LogP contribution in [0.3, 0.4) is 0 Å². The molecule has 3 rings (SSSR count). The van der Waals surface area contributed by atoms with Gasteiger partial charge in [0, 0.05) is 32.8 Å². The van der Waals surface area contributed by atoms with Gasteiger partial charge in [-0.25, -0.2) is 13.1 Å². The fourth-order valence-electron chi connectivity index (χ4n) is 3.17. The number of ether oxygens (including phenoxy) is 2. The molecule has 0 radical (unpaired) electrons. The molecule has 2 heterocycles. The fraction of sp³-hybridized carbons (Fsp3) is 0.588. The van der Waals surface area contributed by atoms with Crippen molar-refractivity contribution in [2.45, 2.75) is 36.7 Å². The molecular weight excluding hydrogens is 344 g/mol. The van der Waals surface area contributed by atoms with Gasteiger partial charge < -0.3 is 14.4 Å². The van der Waals surface area contributed by atoms with Crippen molar-refractivity contribution < 1.29 is 22.7 Å². The van der Waals surface area contributed by atoms with E-state index in [9.17, 15) is 13.2 Å². The first-order valence-corrected chi connectivity index (χ1v) is 9.96. The number of hydrogen-bond donors (Lipinski definition) is 1. The second-order valence-electron chi connectivity index (χ2n) is 6.42. The van der Waals surface area contributed by atoms with E-state index >= 15 is 0 Å². The minimum atomic E-state index is -3.55. The average molecular weight is 368 g/mol. The molecule has 2 aliphatic rings. The van der Waals surface area contributed by atoms with Gasteiger partial charge in [0.25, 0.3) is 0 Å². The number of carbonyl (C=O) groups excluding carboxylic acids is 1. The summed E-state index contributed by atoms with van der Waals surface area (Å²) in [5.41, 5.74) is 1.99. The standard InChI is InChI=1S/C17H24N2O5S/c1-23-8-6-17(20)19-7-4-13-10-16(3-2-14(13)11-19)25(21,22)18-15-5-9-24-12-15/h2-3,10,15,18H,4-9,11-12H2,1H3/t15-/m0/s1. The number of carbonyl (C=O) groups is 1. The Morgan fingerprint density at radius 3 is 2.96 bits per heavy atom. The highest BCUT2D eigenvalue weighted by molar-refractivity contribution is 7.89. The van der Waals surface area contributed by atoms with Crippen LogP contribution in [0.5, 0.6) is 0 Å². The van der Waals surface area contributed by atoms with Gasteiger partial charge in [0.05, 0.1) is 24.5 Å². The lowest BCUT2D eigenvalue weighted by Crippen LogP contribution is -2.37. The smallest absolute Gasteiger partial charge is 0.240 e. The molecule has 0 aromatic heterocycles. The van der Waals surface area contributed by atoms with Crippen LogP contribution >= 0.6 is 0 Å². The third kappa shape index (κ3) is 4.38. The van der Waals surface area contributed by atoms with Gasteiger partial charge >= 0.3 is 0 Å². The summed E-state index contributed by atoms with van der Waals surface area (Å²) < 4.78 is 37.9. The van der Waals surface area contributed by atoms with Crippen LogP contribution in [0.25, 0.3) is 0 Å². The Kier molecular flexibility index (Phi) is 5.73. The van der Waals surface area contributed by atoms with Crippen LogP contribution in [0, 0.1) is 0 Å². The van der Waals surface area contributed by atoms with E-state index in [1.807, 2.05) is 6.07 Å². The van der Waals surface area contributed by atoms with E-state index in [1.54, 1.807) is 24.1 Å². The first-order chi connectivity index (χ1) is 12.0. The molecule has 138 valence electrons. The number of nitrogens with one attached hydrogen (secondary N) is 1. The van der Waals surface area contributed by atoms with Crippen molar-refractivity contribution in [3.63, 3.8) is 0 Å². The molecule has 0 unspecified atom stereocenters. The number of nitrogens with zero attached hydrogens (tertiary/aromatic N) is 1. The quantitative estimate of drug-likeness (QED) is 0.798. The van der Waals surface area contributed by atoms with Crippen molar-refractivity contribution in [2.75, 3.05) is 33.5 Å². The summed E-state index contributed by atoms with van der Waals surface area (Å²) in [6, 6.07) is 4.99. The zero-order valence-corrected chi connectivity index (χ0v) is 15.2. The number of methoxy groups -OCH3 is 1. The Balaban J connectivity index is 1.70. The number of rotatable bonds is 6. The SMILES string of the molecule is COCCC(=O)N1CCc2cc(S(=O)(=O)N[C@H]3CCOC3)ccc2C1. The third-order valence-corrected chi connectivity index (χ3v) is 6.14. The van der Waals surface area contributed by atoms with Crippen LogP contribution in [-0.2, 0) is 37.3 Å². The van der Waals surface area contributed by atoms with Gasteiger partial charge in [-0.15, -0.1) is 0 Å². The van der Waals surface area contributed by atoms with Crippen LogP contribution in [0.1, 0.15) is 24.0 Å². The Bertz CT molecular complexity index is 729. The van der Waals surface area contributed by atoms with E-state index in [-0.39, 0.29) is 16.8 Å². The van der Waals surface area contributed by atoms with Crippen LogP contribution in [0.15, 0.2) is 23.1 Å². The molecule has 25 heavy (non-hydrogen) atoms. The van der Waals surface area contributed by atoms with Gasteiger partial charge in [0.1, 0.15) is 0 Å². The van der Waals surface area contributed by atoms with Gasteiger partial charge in [-0.3, -0.25) is 4.79 Å². The van der Waals surface area contributed by atoms with Crippen molar-refractivity contribution >= 4 is 15.9 Å². The van der Waals surface area contributed by atoms with E-state index in [0.717, 1.165) is 11.1 Å². The molecule has 7 nitrogen and oxygen atoms in total. The molecule has 1 aromatic rings. The lowest BCUT2D eigenvalue weighted by atomic mass is 10.00. The van der Waals surface area contributed by atoms with Crippen LogP contribution in [0.4, 0.5) is 0 Å². The van der Waals surface area contributed by atoms with Gasteiger partial charge in [0.2, 0.25) is 15.9 Å². The summed E-state index contributed by atoms with van der Waals surface area (Å²) in [6.07, 6.45) is 1.72. The average Bonchev–Trinajstić information content (AvgIpc) is 3.11. The zero-order valence-electron chi connectivity index (χ0n) is 14.4. The van der Waals surface area contributed by atoms with Crippen LogP contribution in [-0.4, -0.2) is 58.7 Å². The summed E-state index contributed by atoms with van der Waals surface area (Å²) >= 11 is 0. The third-order valence-electron chi connectivity index (χ3n) is 4.62. The van der Waals surface area contributed by atoms with Gasteiger partial charge in [0.15, 0.2) is 0 Å². The van der Waals surface area contributed by atoms with E-state index < -0.39 is 10.0 Å². The molecular formula is C17H24N2O5S. The van der Waals surface area contributed by atoms with E-state index in [2.05, 4.69) is 4.72 Å². The van der Waals surface area contributed by atoms with Gasteiger partial charge in [-0.1, -0.05) is 6.07 Å². The Labute approximate surface area is 148 Å². The van der Waals surface area contributed by atoms with Crippen molar-refractivity contribution in [3.8, 4) is 0 Å². The first kappa shape index (κ1) is 18.3. The van der Waals surface area contributed by atoms with Gasteiger partial charge in [-0.2, -0.15) is 0 Å². The Morgan fingerprint density at radius 1 is 1.40 bits per heavy atom. The second kappa shape index (κ2) is 7.82. The van der Waals surface area contributed by atoms with Gasteiger partial charge in [-0.05, 0) is 36.1 Å². The lowest BCUT2D eigenvalue weighted by Gasteiger charge is -2.29. The Hall–Kier alpha value is -1.48. The highest BCUT2D eigenvalue weighted by Gasteiger charge is 2.26. The summed E-state index contributed by atoms with van der Waals surface area (Å²) in [4.78, 5) is 14.2.